The van der Waals surface area contributed by atoms with Gasteiger partial charge in [0.25, 0.3) is 0 Å². The van der Waals surface area contributed by atoms with E-state index in [-0.39, 0.29) is 5.54 Å². The largest absolute Gasteiger partial charge is 0.298 e. The van der Waals surface area contributed by atoms with Crippen LogP contribution in [0.1, 0.15) is 65.2 Å². The van der Waals surface area contributed by atoms with Crippen LogP contribution in [0.4, 0.5) is 0 Å². The summed E-state index contributed by atoms with van der Waals surface area (Å²) in [5.41, 5.74) is -0.201. The molecule has 2 rings (SSSR count). The van der Waals surface area contributed by atoms with Gasteiger partial charge in [0.1, 0.15) is 0 Å². The third-order valence-electron chi connectivity index (χ3n) is 4.47. The fraction of sp³-hybridized carbons (Fsp3) is 0.929. The number of nitrogens with zero attached hydrogens (tertiary/aromatic N) is 1. The Morgan fingerprint density at radius 3 is 2.31 bits per heavy atom. The molecule has 0 spiro atoms. The van der Waals surface area contributed by atoms with E-state index in [9.17, 15) is 4.79 Å². The van der Waals surface area contributed by atoms with Gasteiger partial charge in [-0.3, -0.25) is 9.69 Å². The molecule has 2 heteroatoms. The molecule has 0 atom stereocenters. The highest BCUT2D eigenvalue weighted by atomic mass is 16.1. The van der Waals surface area contributed by atoms with Crippen LogP contribution in [0.5, 0.6) is 0 Å². The Morgan fingerprint density at radius 1 is 1.06 bits per heavy atom. The molecule has 1 aliphatic carbocycles. The van der Waals surface area contributed by atoms with Gasteiger partial charge in [-0.15, -0.1) is 0 Å². The number of rotatable bonds is 1. The lowest BCUT2D eigenvalue weighted by Gasteiger charge is -2.45. The average Bonchev–Trinajstić information content (AvgIpc) is 2.50. The molecule has 0 aromatic carbocycles. The normalized spacial score (nSPS) is 29.0. The van der Waals surface area contributed by atoms with Gasteiger partial charge in [-0.1, -0.05) is 25.7 Å². The van der Waals surface area contributed by atoms with Gasteiger partial charge < -0.3 is 0 Å². The molecule has 0 unspecified atom stereocenters. The highest BCUT2D eigenvalue weighted by Gasteiger charge is 2.40. The van der Waals surface area contributed by atoms with Crippen LogP contribution in [0.25, 0.3) is 0 Å². The molecule has 0 N–H and O–H groups in total. The third kappa shape index (κ3) is 2.32. The highest BCUT2D eigenvalue weighted by Crippen LogP contribution is 2.31. The number of ketones is 1. The topological polar surface area (TPSA) is 20.3 Å². The van der Waals surface area contributed by atoms with E-state index in [0.29, 0.717) is 11.8 Å². The van der Waals surface area contributed by atoms with Crippen molar-refractivity contribution < 1.29 is 4.79 Å². The molecule has 0 aromatic rings. The van der Waals surface area contributed by atoms with Crippen LogP contribution in [0.3, 0.4) is 0 Å². The number of carbonyl (C=O) groups is 1. The number of likely N-dealkylation sites (tertiary alicyclic amines) is 1. The van der Waals surface area contributed by atoms with Gasteiger partial charge in [0, 0.05) is 12.5 Å². The Labute approximate surface area is 99.4 Å². The second-order valence-corrected chi connectivity index (χ2v) is 5.92. The average molecular weight is 223 g/mol. The number of Topliss-reactive ketones (excluding diaryl/α,β-unsaturated/α-hetero) is 1. The van der Waals surface area contributed by atoms with Crippen molar-refractivity contribution in [1.29, 1.82) is 0 Å². The zero-order valence-corrected chi connectivity index (χ0v) is 10.8. The number of hydrogen-bond donors (Lipinski definition) is 0. The Balaban J connectivity index is 2.08. The smallest absolute Gasteiger partial charge is 0.152 e. The van der Waals surface area contributed by atoms with Crippen LogP contribution >= 0.6 is 0 Å². The number of hydrogen-bond acceptors (Lipinski definition) is 2. The van der Waals surface area contributed by atoms with Gasteiger partial charge >= 0.3 is 0 Å². The lowest BCUT2D eigenvalue weighted by Crippen LogP contribution is -2.57. The second kappa shape index (κ2) is 4.87. The van der Waals surface area contributed by atoms with E-state index in [2.05, 4.69) is 18.7 Å². The Bertz CT molecular complexity index is 251. The fourth-order valence-electron chi connectivity index (χ4n) is 3.36. The summed E-state index contributed by atoms with van der Waals surface area (Å²) in [6.45, 7) is 5.38. The summed E-state index contributed by atoms with van der Waals surface area (Å²) in [7, 11) is 0. The summed E-state index contributed by atoms with van der Waals surface area (Å²) in [6, 6.07) is 0.668. The molecule has 1 heterocycles. The van der Waals surface area contributed by atoms with Gasteiger partial charge in [-0.2, -0.15) is 0 Å². The zero-order chi connectivity index (χ0) is 11.6. The van der Waals surface area contributed by atoms with Crippen LogP contribution in [-0.2, 0) is 4.79 Å². The summed E-state index contributed by atoms with van der Waals surface area (Å²) in [6.07, 6.45) is 9.94. The first-order valence-electron chi connectivity index (χ1n) is 6.92. The van der Waals surface area contributed by atoms with Crippen molar-refractivity contribution in [2.75, 3.05) is 6.54 Å². The number of piperidine rings is 1. The standard InChI is InChI=1S/C14H25NO/c1-14(2)13(16)10-7-11-15(14)12-8-5-3-4-6-9-12/h12H,3-11H2,1-2H3. The maximum absolute atomic E-state index is 12.0. The fourth-order valence-corrected chi connectivity index (χ4v) is 3.36. The molecule has 1 saturated carbocycles. The Hall–Kier alpha value is -0.370. The molecule has 2 fully saturated rings. The van der Waals surface area contributed by atoms with Gasteiger partial charge in [-0.05, 0) is 39.7 Å². The predicted molar refractivity (Wildman–Crippen MR) is 66.5 cm³/mol. The van der Waals surface area contributed by atoms with Gasteiger partial charge in [0.05, 0.1) is 5.54 Å². The molecule has 16 heavy (non-hydrogen) atoms. The molecule has 0 amide bonds. The van der Waals surface area contributed by atoms with Crippen LogP contribution in [0.15, 0.2) is 0 Å². The maximum atomic E-state index is 12.0. The van der Waals surface area contributed by atoms with E-state index >= 15 is 0 Å². The van der Waals surface area contributed by atoms with E-state index in [1.807, 2.05) is 0 Å². The highest BCUT2D eigenvalue weighted by molar-refractivity contribution is 5.88. The van der Waals surface area contributed by atoms with Gasteiger partial charge in [0.2, 0.25) is 0 Å². The predicted octanol–water partition coefficient (Wildman–Crippen LogP) is 3.15. The quantitative estimate of drug-likeness (QED) is 0.636. The van der Waals surface area contributed by atoms with Crippen molar-refractivity contribution >= 4 is 5.78 Å². The van der Waals surface area contributed by atoms with Crippen LogP contribution in [-0.4, -0.2) is 28.8 Å². The van der Waals surface area contributed by atoms with Crippen molar-refractivity contribution in [2.45, 2.75) is 76.8 Å². The minimum atomic E-state index is -0.201. The summed E-state index contributed by atoms with van der Waals surface area (Å²) in [5, 5.41) is 0. The van der Waals surface area contributed by atoms with Crippen molar-refractivity contribution in [3.63, 3.8) is 0 Å². The molecule has 1 aliphatic heterocycles. The van der Waals surface area contributed by atoms with Gasteiger partial charge in [-0.25, -0.2) is 0 Å². The van der Waals surface area contributed by atoms with Crippen molar-refractivity contribution in [2.24, 2.45) is 0 Å². The van der Waals surface area contributed by atoms with Crippen molar-refractivity contribution in [1.82, 2.24) is 4.90 Å². The van der Waals surface area contributed by atoms with Crippen LogP contribution < -0.4 is 0 Å². The first-order valence-corrected chi connectivity index (χ1v) is 6.92. The molecule has 92 valence electrons. The molecule has 2 nitrogen and oxygen atoms in total. The third-order valence-corrected chi connectivity index (χ3v) is 4.47. The lowest BCUT2D eigenvalue weighted by molar-refractivity contribution is -0.135. The number of carbonyl (C=O) groups excluding carboxylic acids is 1. The monoisotopic (exact) mass is 223 g/mol. The minimum absolute atomic E-state index is 0.201. The van der Waals surface area contributed by atoms with Crippen molar-refractivity contribution in [3.8, 4) is 0 Å². The SMILES string of the molecule is CC1(C)C(=O)CCCN1C1CCCCCC1. The Morgan fingerprint density at radius 2 is 1.69 bits per heavy atom. The molecule has 2 aliphatic rings. The molecular weight excluding hydrogens is 198 g/mol. The molecule has 0 aromatic heterocycles. The molecular formula is C14H25NO. The molecule has 1 saturated heterocycles. The van der Waals surface area contributed by atoms with E-state index in [4.69, 9.17) is 0 Å². The van der Waals surface area contributed by atoms with E-state index in [1.54, 1.807) is 0 Å². The van der Waals surface area contributed by atoms with E-state index in [1.165, 1.54) is 38.5 Å². The van der Waals surface area contributed by atoms with Crippen LogP contribution in [0, 0.1) is 0 Å². The summed E-state index contributed by atoms with van der Waals surface area (Å²) in [4.78, 5) is 14.5. The Kier molecular flexibility index (Phi) is 3.68. The molecule has 0 radical (unpaired) electrons. The maximum Gasteiger partial charge on any atom is 0.152 e. The van der Waals surface area contributed by atoms with Crippen molar-refractivity contribution in [3.05, 3.63) is 0 Å². The minimum Gasteiger partial charge on any atom is -0.298 e. The summed E-state index contributed by atoms with van der Waals surface area (Å²) < 4.78 is 0. The lowest BCUT2D eigenvalue weighted by atomic mass is 9.86. The zero-order valence-electron chi connectivity index (χ0n) is 10.8. The summed E-state index contributed by atoms with van der Waals surface area (Å²) in [5.74, 6) is 0.447. The molecule has 0 bridgehead atoms. The van der Waals surface area contributed by atoms with Crippen LogP contribution in [0.2, 0.25) is 0 Å². The first-order chi connectivity index (χ1) is 7.62. The second-order valence-electron chi connectivity index (χ2n) is 5.92. The van der Waals surface area contributed by atoms with E-state index < -0.39 is 0 Å². The van der Waals surface area contributed by atoms with Gasteiger partial charge in [0.15, 0.2) is 5.78 Å². The van der Waals surface area contributed by atoms with E-state index in [0.717, 1.165) is 19.4 Å². The summed E-state index contributed by atoms with van der Waals surface area (Å²) >= 11 is 0. The first kappa shape index (κ1) is 12.1.